The van der Waals surface area contributed by atoms with Crippen LogP contribution in [0.2, 0.25) is 19.5 Å². The molecule has 0 nitrogen and oxygen atoms in total. The van der Waals surface area contributed by atoms with E-state index in [2.05, 4.69) is 13.7 Å². The van der Waals surface area contributed by atoms with Crippen LogP contribution in [0.3, 0.4) is 0 Å². The minimum Gasteiger partial charge on any atom is -0.0861 e. The summed E-state index contributed by atoms with van der Waals surface area (Å²) in [7, 11) is 0. The molecule has 0 bridgehead atoms. The molecule has 1 rings (SSSR count). The van der Waals surface area contributed by atoms with Crippen molar-refractivity contribution >= 4 is 6.71 Å². The second kappa shape index (κ2) is 1.89. The molecular weight excluding hydrogens is 82.9 g/mol. The number of hydrogen-bond donors (Lipinski definition) is 0. The Hall–Kier alpha value is 0.0649. The maximum atomic E-state index is 2.35. The number of rotatable bonds is 0. The van der Waals surface area contributed by atoms with Gasteiger partial charge in [0, 0.05) is 0 Å². The Morgan fingerprint density at radius 2 is 2.29 bits per heavy atom. The van der Waals surface area contributed by atoms with E-state index < -0.39 is 0 Å². The van der Waals surface area contributed by atoms with Crippen LogP contribution >= 0.6 is 0 Å². The zero-order valence-electron chi connectivity index (χ0n) is 5.28. The molecule has 0 spiro atoms. The lowest BCUT2D eigenvalue weighted by Gasteiger charge is -1.94. The van der Waals surface area contributed by atoms with Crippen molar-refractivity contribution in [3.63, 3.8) is 0 Å². The van der Waals surface area contributed by atoms with Crippen molar-refractivity contribution < 1.29 is 0 Å². The van der Waals surface area contributed by atoms with E-state index in [-0.39, 0.29) is 0 Å². The first-order chi connectivity index (χ1) is 3.29. The average molecular weight is 96.0 g/mol. The van der Waals surface area contributed by atoms with Gasteiger partial charge in [0.15, 0.2) is 0 Å². The first kappa shape index (κ1) is 5.21. The second-order valence-electron chi connectivity index (χ2n) is 3.02. The molecule has 0 N–H and O–H groups in total. The van der Waals surface area contributed by atoms with Crippen molar-refractivity contribution in [3.05, 3.63) is 0 Å². The lowest BCUT2D eigenvalue weighted by Crippen LogP contribution is -1.96. The van der Waals surface area contributed by atoms with E-state index in [1.807, 2.05) is 0 Å². The van der Waals surface area contributed by atoms with E-state index in [0.29, 0.717) is 0 Å². The molecular formula is C6H13B. The Kier molecular flexibility index (Phi) is 1.41. The predicted octanol–water partition coefficient (Wildman–Crippen LogP) is 2.15. The lowest BCUT2D eigenvalue weighted by atomic mass is 9.50. The summed E-state index contributed by atoms with van der Waals surface area (Å²) >= 11 is 0. The van der Waals surface area contributed by atoms with Crippen molar-refractivity contribution in [1.29, 1.82) is 0 Å². The highest BCUT2D eigenvalue weighted by atomic mass is 14.1. The third kappa shape index (κ3) is 1.22. The molecule has 0 aromatic rings. The molecule has 40 valence electrons. The molecule has 1 atom stereocenters. The molecule has 0 saturated carbocycles. The van der Waals surface area contributed by atoms with Gasteiger partial charge in [-0.1, -0.05) is 38.7 Å². The molecule has 0 aromatic heterocycles. The summed E-state index contributed by atoms with van der Waals surface area (Å²) in [6.45, 7) is 5.72. The van der Waals surface area contributed by atoms with Gasteiger partial charge in [-0.15, -0.1) is 0 Å². The predicted molar refractivity (Wildman–Crippen MR) is 35.0 cm³/mol. The highest BCUT2D eigenvalue weighted by Gasteiger charge is 2.18. The van der Waals surface area contributed by atoms with Crippen molar-refractivity contribution in [3.8, 4) is 0 Å². The van der Waals surface area contributed by atoms with Gasteiger partial charge in [0.25, 0.3) is 0 Å². The van der Waals surface area contributed by atoms with Crippen molar-refractivity contribution in [1.82, 2.24) is 0 Å². The van der Waals surface area contributed by atoms with Gasteiger partial charge in [-0.2, -0.15) is 0 Å². The van der Waals surface area contributed by atoms with Gasteiger partial charge >= 0.3 is 0 Å². The minimum atomic E-state index is 1.02. The van der Waals surface area contributed by atoms with Crippen molar-refractivity contribution in [2.24, 2.45) is 5.92 Å². The van der Waals surface area contributed by atoms with Gasteiger partial charge in [-0.05, 0) is 0 Å². The fraction of sp³-hybridized carbons (Fsp3) is 1.00. The van der Waals surface area contributed by atoms with Crippen LogP contribution in [-0.2, 0) is 0 Å². The van der Waals surface area contributed by atoms with Gasteiger partial charge in [0.1, 0.15) is 6.71 Å². The summed E-state index contributed by atoms with van der Waals surface area (Å²) in [6, 6.07) is 0. The van der Waals surface area contributed by atoms with Gasteiger partial charge in [0.2, 0.25) is 0 Å². The van der Waals surface area contributed by atoms with E-state index >= 15 is 0 Å². The van der Waals surface area contributed by atoms with Crippen LogP contribution in [0.5, 0.6) is 0 Å². The fourth-order valence-electron chi connectivity index (χ4n) is 1.49. The maximum absolute atomic E-state index is 2.35. The van der Waals surface area contributed by atoms with E-state index in [1.165, 1.54) is 19.1 Å². The Morgan fingerprint density at radius 3 is 2.43 bits per heavy atom. The van der Waals surface area contributed by atoms with E-state index in [9.17, 15) is 0 Å². The van der Waals surface area contributed by atoms with Crippen LogP contribution in [0, 0.1) is 5.92 Å². The van der Waals surface area contributed by atoms with Gasteiger partial charge in [0.05, 0.1) is 0 Å². The Morgan fingerprint density at radius 1 is 1.57 bits per heavy atom. The summed E-state index contributed by atoms with van der Waals surface area (Å²) in [6.07, 6.45) is 4.42. The summed E-state index contributed by atoms with van der Waals surface area (Å²) in [4.78, 5) is 0. The van der Waals surface area contributed by atoms with Crippen LogP contribution in [0.15, 0.2) is 0 Å². The normalized spacial score (nSPS) is 31.7. The highest BCUT2D eigenvalue weighted by molar-refractivity contribution is 6.58. The zero-order chi connectivity index (χ0) is 5.28. The molecule has 1 heterocycles. The molecule has 0 aliphatic carbocycles. The first-order valence-electron chi connectivity index (χ1n) is 3.29. The van der Waals surface area contributed by atoms with E-state index in [4.69, 9.17) is 0 Å². The molecule has 0 aromatic carbocycles. The van der Waals surface area contributed by atoms with Crippen LogP contribution in [-0.4, -0.2) is 6.71 Å². The molecule has 1 aliphatic heterocycles. The molecule has 1 heteroatoms. The highest BCUT2D eigenvalue weighted by Crippen LogP contribution is 2.24. The minimum absolute atomic E-state index is 1.02. The topological polar surface area (TPSA) is 0 Å². The lowest BCUT2D eigenvalue weighted by molar-refractivity contribution is 0.658. The average Bonchev–Trinajstić information content (AvgIpc) is 1.87. The summed E-state index contributed by atoms with van der Waals surface area (Å²) in [5.74, 6) is 1.02. The monoisotopic (exact) mass is 96.1 g/mol. The van der Waals surface area contributed by atoms with E-state index in [0.717, 1.165) is 12.6 Å². The van der Waals surface area contributed by atoms with E-state index in [1.54, 1.807) is 0 Å². The summed E-state index contributed by atoms with van der Waals surface area (Å²) in [5.41, 5.74) is 0. The Balaban J connectivity index is 2.26. The standard InChI is InChI=1S/C6H13B/c1-6-3-4-7(2)5-6/h6H,3-5H2,1-2H3. The maximum Gasteiger partial charge on any atom is 0.136 e. The number of hydrogen-bond acceptors (Lipinski definition) is 0. The molecule has 1 unspecified atom stereocenters. The Labute approximate surface area is 46.4 Å². The first-order valence-corrected chi connectivity index (χ1v) is 3.29. The van der Waals surface area contributed by atoms with Crippen LogP contribution in [0.4, 0.5) is 0 Å². The second-order valence-corrected chi connectivity index (χ2v) is 3.02. The molecule has 1 saturated heterocycles. The van der Waals surface area contributed by atoms with Gasteiger partial charge < -0.3 is 0 Å². The zero-order valence-corrected chi connectivity index (χ0v) is 5.28. The molecule has 1 fully saturated rings. The third-order valence-electron chi connectivity index (χ3n) is 1.96. The fourth-order valence-corrected chi connectivity index (χ4v) is 1.49. The van der Waals surface area contributed by atoms with Crippen LogP contribution in [0.25, 0.3) is 0 Å². The van der Waals surface area contributed by atoms with Crippen LogP contribution < -0.4 is 0 Å². The molecule has 1 aliphatic rings. The largest absolute Gasteiger partial charge is 0.136 e. The SMILES string of the molecule is CB1CCC(C)C1. The molecule has 0 radical (unpaired) electrons. The molecule has 7 heavy (non-hydrogen) atoms. The summed E-state index contributed by atoms with van der Waals surface area (Å²) in [5, 5.41) is 0. The van der Waals surface area contributed by atoms with Crippen molar-refractivity contribution in [2.75, 3.05) is 0 Å². The van der Waals surface area contributed by atoms with Crippen molar-refractivity contribution in [2.45, 2.75) is 32.8 Å². The van der Waals surface area contributed by atoms with Gasteiger partial charge in [-0.25, -0.2) is 0 Å². The Bertz CT molecular complexity index is 53.2. The smallest absolute Gasteiger partial charge is 0.0861 e. The molecule has 0 amide bonds. The quantitative estimate of drug-likeness (QED) is 0.405. The third-order valence-corrected chi connectivity index (χ3v) is 1.96. The summed E-state index contributed by atoms with van der Waals surface area (Å²) < 4.78 is 0. The van der Waals surface area contributed by atoms with Crippen LogP contribution in [0.1, 0.15) is 13.3 Å². The van der Waals surface area contributed by atoms with Gasteiger partial charge in [-0.3, -0.25) is 0 Å².